The van der Waals surface area contributed by atoms with Gasteiger partial charge in [-0.1, -0.05) is 17.7 Å². The lowest BCUT2D eigenvalue weighted by molar-refractivity contribution is 0.415. The molecule has 0 aliphatic carbocycles. The molecular weight excluding hydrogens is 422 g/mol. The summed E-state index contributed by atoms with van der Waals surface area (Å²) in [6.07, 6.45) is 1.81. The predicted octanol–water partition coefficient (Wildman–Crippen LogP) is 4.80. The molecule has 2 aromatic heterocycles. The summed E-state index contributed by atoms with van der Waals surface area (Å²) in [5, 5.41) is 2.18. The van der Waals surface area contributed by atoms with Gasteiger partial charge in [0.2, 0.25) is 10.0 Å². The lowest BCUT2D eigenvalue weighted by atomic mass is 10.1. The van der Waals surface area contributed by atoms with Gasteiger partial charge in [-0.15, -0.1) is 0 Å². The van der Waals surface area contributed by atoms with Gasteiger partial charge in [-0.3, -0.25) is 4.98 Å². The second-order valence-corrected chi connectivity index (χ2v) is 10.2. The van der Waals surface area contributed by atoms with Crippen LogP contribution in [0.15, 0.2) is 47.5 Å². The van der Waals surface area contributed by atoms with Crippen LogP contribution >= 0.6 is 0 Å². The summed E-state index contributed by atoms with van der Waals surface area (Å²) in [5.74, 6) is 0.756. The van der Waals surface area contributed by atoms with Crippen LogP contribution in [0.4, 0.5) is 0 Å². The Morgan fingerprint density at radius 3 is 2.38 bits per heavy atom. The van der Waals surface area contributed by atoms with E-state index in [4.69, 9.17) is 4.74 Å². The topological polar surface area (TPSA) is 73.2 Å². The van der Waals surface area contributed by atoms with Crippen LogP contribution in [-0.4, -0.2) is 31.1 Å². The number of aryl methyl sites for hydroxylation is 4. The molecule has 0 amide bonds. The molecule has 0 aliphatic rings. The first-order chi connectivity index (χ1) is 15.1. The summed E-state index contributed by atoms with van der Waals surface area (Å²) in [5.41, 5.74) is 5.45. The Morgan fingerprint density at radius 1 is 1.03 bits per heavy atom. The van der Waals surface area contributed by atoms with Crippen molar-refractivity contribution in [1.29, 1.82) is 0 Å². The van der Waals surface area contributed by atoms with Crippen LogP contribution in [0, 0.1) is 27.7 Å². The van der Waals surface area contributed by atoms with E-state index < -0.39 is 10.0 Å². The fourth-order valence-corrected chi connectivity index (χ4v) is 6.43. The molecule has 0 spiro atoms. The number of aromatic nitrogens is 2. The highest BCUT2D eigenvalue weighted by Crippen LogP contribution is 2.33. The quantitative estimate of drug-likeness (QED) is 0.457. The van der Waals surface area contributed by atoms with E-state index in [2.05, 4.69) is 14.3 Å². The molecule has 0 radical (unpaired) electrons. The van der Waals surface area contributed by atoms with Gasteiger partial charge >= 0.3 is 0 Å². The van der Waals surface area contributed by atoms with Gasteiger partial charge in [-0.05, 0) is 63.9 Å². The zero-order valence-corrected chi connectivity index (χ0v) is 20.2. The number of rotatable bonds is 6. The average molecular weight is 452 g/mol. The summed E-state index contributed by atoms with van der Waals surface area (Å²) < 4.78 is 37.0. The molecular formula is C25H29N3O3S. The van der Waals surface area contributed by atoms with E-state index in [0.29, 0.717) is 11.4 Å². The maximum Gasteiger partial charge on any atom is 0.241 e. The first-order valence-corrected chi connectivity index (χ1v) is 12.1. The Hall–Kier alpha value is -2.90. The molecule has 7 heteroatoms. The van der Waals surface area contributed by atoms with Crippen LogP contribution in [0.1, 0.15) is 29.3 Å². The Bertz CT molecular complexity index is 1420. The Morgan fingerprint density at radius 2 is 1.72 bits per heavy atom. The minimum Gasteiger partial charge on any atom is -0.497 e. The molecule has 2 aromatic carbocycles. The first-order valence-electron chi connectivity index (χ1n) is 10.6. The molecule has 0 fully saturated rings. The number of pyridine rings is 1. The summed E-state index contributed by atoms with van der Waals surface area (Å²) in [6.45, 7) is 9.98. The van der Waals surface area contributed by atoms with Gasteiger partial charge in [0.05, 0.1) is 28.7 Å². The molecule has 1 N–H and O–H groups in total. The SMILES string of the molecule is COc1ccc2c3ccnc(C)c3n(CC(C)NS(=O)(=O)c3c(C)cc(C)cc3C)c2c1. The number of hydrogen-bond donors (Lipinski definition) is 1. The number of ether oxygens (including phenoxy) is 1. The monoisotopic (exact) mass is 451 g/mol. The van der Waals surface area contributed by atoms with E-state index in [-0.39, 0.29) is 6.04 Å². The van der Waals surface area contributed by atoms with E-state index in [1.807, 2.05) is 71.0 Å². The standard InChI is InChI=1S/C25H29N3O3S/c1-15-11-16(2)25(17(3)12-15)32(29,30)27-18(4)14-28-23-13-20(31-6)7-8-21(23)22-9-10-26-19(5)24(22)28/h7-13,18,27H,14H2,1-6H3. The highest BCUT2D eigenvalue weighted by atomic mass is 32.2. The summed E-state index contributed by atoms with van der Waals surface area (Å²) in [4.78, 5) is 4.83. The first kappa shape index (κ1) is 22.3. The molecule has 0 aliphatic heterocycles. The highest BCUT2D eigenvalue weighted by Gasteiger charge is 2.23. The molecule has 4 rings (SSSR count). The zero-order valence-electron chi connectivity index (χ0n) is 19.4. The van der Waals surface area contributed by atoms with E-state index in [9.17, 15) is 8.42 Å². The second-order valence-electron chi connectivity index (χ2n) is 8.54. The molecule has 2 heterocycles. The van der Waals surface area contributed by atoms with Crippen molar-refractivity contribution >= 4 is 31.8 Å². The number of benzene rings is 2. The number of nitrogens with zero attached hydrogens (tertiary/aromatic N) is 2. The van der Waals surface area contributed by atoms with Crippen molar-refractivity contribution in [3.05, 3.63) is 65.0 Å². The third kappa shape index (κ3) is 3.87. The predicted molar refractivity (Wildman–Crippen MR) is 129 cm³/mol. The molecule has 32 heavy (non-hydrogen) atoms. The number of fused-ring (bicyclic) bond motifs is 3. The fraction of sp³-hybridized carbons (Fsp3) is 0.320. The largest absolute Gasteiger partial charge is 0.497 e. The molecule has 0 saturated heterocycles. The molecule has 168 valence electrons. The van der Waals surface area contributed by atoms with Crippen LogP contribution in [-0.2, 0) is 16.6 Å². The maximum absolute atomic E-state index is 13.3. The van der Waals surface area contributed by atoms with Crippen molar-refractivity contribution in [2.24, 2.45) is 0 Å². The van der Waals surface area contributed by atoms with Crippen LogP contribution in [0.25, 0.3) is 21.8 Å². The van der Waals surface area contributed by atoms with Crippen LogP contribution in [0.3, 0.4) is 0 Å². The Labute approximate surface area is 189 Å². The fourth-order valence-electron chi connectivity index (χ4n) is 4.74. The summed E-state index contributed by atoms with van der Waals surface area (Å²) in [6, 6.07) is 11.4. The third-order valence-corrected chi connectivity index (χ3v) is 7.74. The van der Waals surface area contributed by atoms with Gasteiger partial charge < -0.3 is 9.30 Å². The van der Waals surface area contributed by atoms with Crippen molar-refractivity contribution in [2.75, 3.05) is 7.11 Å². The molecule has 0 bridgehead atoms. The minimum absolute atomic E-state index is 0.343. The smallest absolute Gasteiger partial charge is 0.241 e. The number of methoxy groups -OCH3 is 1. The van der Waals surface area contributed by atoms with Crippen LogP contribution < -0.4 is 9.46 Å². The van der Waals surface area contributed by atoms with Gasteiger partial charge in [0.25, 0.3) is 0 Å². The summed E-state index contributed by atoms with van der Waals surface area (Å²) in [7, 11) is -2.03. The van der Waals surface area contributed by atoms with Gasteiger partial charge in [0.1, 0.15) is 5.75 Å². The van der Waals surface area contributed by atoms with Gasteiger partial charge in [-0.2, -0.15) is 0 Å². The molecule has 0 saturated carbocycles. The van der Waals surface area contributed by atoms with Crippen molar-refractivity contribution in [3.63, 3.8) is 0 Å². The van der Waals surface area contributed by atoms with Gasteiger partial charge in [0, 0.05) is 35.6 Å². The second kappa shape index (κ2) is 8.22. The van der Waals surface area contributed by atoms with E-state index in [1.165, 1.54) is 0 Å². The molecule has 1 atom stereocenters. The Kier molecular flexibility index (Phi) is 5.73. The van der Waals surface area contributed by atoms with Gasteiger partial charge in [-0.25, -0.2) is 13.1 Å². The lowest BCUT2D eigenvalue weighted by Crippen LogP contribution is -2.36. The highest BCUT2D eigenvalue weighted by molar-refractivity contribution is 7.89. The average Bonchev–Trinajstić information content (AvgIpc) is 3.00. The van der Waals surface area contributed by atoms with Gasteiger partial charge in [0.15, 0.2) is 0 Å². The maximum atomic E-state index is 13.3. The molecule has 1 unspecified atom stereocenters. The number of nitrogens with one attached hydrogen (secondary N) is 1. The third-order valence-electron chi connectivity index (χ3n) is 5.85. The van der Waals surface area contributed by atoms with Crippen molar-refractivity contribution in [3.8, 4) is 5.75 Å². The lowest BCUT2D eigenvalue weighted by Gasteiger charge is -2.19. The minimum atomic E-state index is -3.67. The summed E-state index contributed by atoms with van der Waals surface area (Å²) >= 11 is 0. The Balaban J connectivity index is 1.76. The van der Waals surface area contributed by atoms with E-state index >= 15 is 0 Å². The number of sulfonamides is 1. The van der Waals surface area contributed by atoms with Crippen LogP contribution in [0.2, 0.25) is 0 Å². The normalized spacial score (nSPS) is 13.1. The van der Waals surface area contributed by atoms with Crippen molar-refractivity contribution in [1.82, 2.24) is 14.3 Å². The van der Waals surface area contributed by atoms with Crippen LogP contribution in [0.5, 0.6) is 5.75 Å². The zero-order chi connectivity index (χ0) is 23.2. The molecule has 4 aromatic rings. The van der Waals surface area contributed by atoms with Crippen molar-refractivity contribution < 1.29 is 13.2 Å². The van der Waals surface area contributed by atoms with E-state index in [0.717, 1.165) is 49.9 Å². The molecule has 6 nitrogen and oxygen atoms in total. The van der Waals surface area contributed by atoms with E-state index in [1.54, 1.807) is 13.3 Å². The number of hydrogen-bond acceptors (Lipinski definition) is 4. The van der Waals surface area contributed by atoms with Crippen molar-refractivity contribution in [2.45, 2.75) is 52.1 Å².